The molecule has 4 heterocycles. The minimum atomic E-state index is 0.613. The van der Waals surface area contributed by atoms with Crippen molar-refractivity contribution in [1.82, 2.24) is 15.0 Å². The second kappa shape index (κ2) is 12.8. The predicted octanol–water partition coefficient (Wildman–Crippen LogP) is 14.8. The fourth-order valence-electron chi connectivity index (χ4n) is 8.27. The van der Waals surface area contributed by atoms with E-state index in [1.54, 1.807) is 11.3 Å². The van der Waals surface area contributed by atoms with Crippen LogP contribution in [0.2, 0.25) is 0 Å². The van der Waals surface area contributed by atoms with Crippen molar-refractivity contribution in [3.05, 3.63) is 176 Å². The maximum Gasteiger partial charge on any atom is 0.164 e. The van der Waals surface area contributed by atoms with Gasteiger partial charge in [0, 0.05) is 67.8 Å². The van der Waals surface area contributed by atoms with Crippen molar-refractivity contribution in [3.63, 3.8) is 0 Å². The molecule has 0 bridgehead atoms. The second-order valence-electron chi connectivity index (χ2n) is 14.3. The molecule has 0 radical (unpaired) electrons. The average Bonchev–Trinajstić information content (AvgIpc) is 3.97. The summed E-state index contributed by atoms with van der Waals surface area (Å²) in [6.45, 7) is 0. The van der Waals surface area contributed by atoms with Crippen molar-refractivity contribution < 1.29 is 4.42 Å². The summed E-state index contributed by atoms with van der Waals surface area (Å²) in [5.74, 6) is 1.88. The first kappa shape index (κ1) is 32.3. The number of hydrogen-bond acceptors (Lipinski definition) is 6. The maximum atomic E-state index is 6.25. The first-order chi connectivity index (χ1) is 28.2. The summed E-state index contributed by atoms with van der Waals surface area (Å²) >= 11 is 3.67. The van der Waals surface area contributed by atoms with E-state index in [9.17, 15) is 0 Å². The van der Waals surface area contributed by atoms with Gasteiger partial charge >= 0.3 is 0 Å². The number of nitrogens with zero attached hydrogens (tertiary/aromatic N) is 3. The Morgan fingerprint density at radius 1 is 0.316 bits per heavy atom. The lowest BCUT2D eigenvalue weighted by molar-refractivity contribution is 0.669. The molecule has 0 atom stereocenters. The van der Waals surface area contributed by atoms with E-state index >= 15 is 0 Å². The highest BCUT2D eigenvalue weighted by Gasteiger charge is 2.19. The van der Waals surface area contributed by atoms with Crippen molar-refractivity contribution in [2.45, 2.75) is 0 Å². The van der Waals surface area contributed by atoms with Crippen molar-refractivity contribution in [2.24, 2.45) is 0 Å². The molecule has 4 nitrogen and oxygen atoms in total. The summed E-state index contributed by atoms with van der Waals surface area (Å²) in [5, 5.41) is 7.15. The number of thiophene rings is 2. The summed E-state index contributed by atoms with van der Waals surface area (Å²) < 4.78 is 11.3. The third kappa shape index (κ3) is 5.30. The highest BCUT2D eigenvalue weighted by atomic mass is 32.1. The Bertz CT molecular complexity index is 3530. The van der Waals surface area contributed by atoms with E-state index < -0.39 is 0 Å². The fraction of sp³-hybridized carbons (Fsp3) is 0. The highest BCUT2D eigenvalue weighted by molar-refractivity contribution is 7.26. The van der Waals surface area contributed by atoms with Crippen LogP contribution in [0.15, 0.2) is 180 Å². The molecule has 12 aromatic rings. The molecule has 0 fully saturated rings. The summed E-state index contributed by atoms with van der Waals surface area (Å²) in [6.07, 6.45) is 0. The third-order valence-corrected chi connectivity index (χ3v) is 13.2. The molecule has 0 aliphatic heterocycles. The van der Waals surface area contributed by atoms with Crippen LogP contribution in [0.3, 0.4) is 0 Å². The Morgan fingerprint density at radius 3 is 1.82 bits per heavy atom. The molecule has 0 saturated heterocycles. The Balaban J connectivity index is 1.00. The van der Waals surface area contributed by atoms with E-state index in [0.29, 0.717) is 17.5 Å². The van der Waals surface area contributed by atoms with E-state index in [-0.39, 0.29) is 0 Å². The molecule has 8 aromatic carbocycles. The number of fused-ring (bicyclic) bond motifs is 9. The Morgan fingerprint density at radius 2 is 0.965 bits per heavy atom. The van der Waals surface area contributed by atoms with Crippen LogP contribution in [0.25, 0.3) is 119 Å². The molecule has 0 aliphatic carbocycles. The molecule has 266 valence electrons. The molecular weight excluding hydrogens is 735 g/mol. The fourth-order valence-corrected chi connectivity index (χ4v) is 10.6. The minimum Gasteiger partial charge on any atom is -0.456 e. The normalized spacial score (nSPS) is 11.9. The van der Waals surface area contributed by atoms with Gasteiger partial charge in [-0.15, -0.1) is 22.7 Å². The van der Waals surface area contributed by atoms with Crippen LogP contribution in [-0.4, -0.2) is 15.0 Å². The zero-order valence-electron chi connectivity index (χ0n) is 30.3. The van der Waals surface area contributed by atoms with Gasteiger partial charge in [-0.25, -0.2) is 15.0 Å². The topological polar surface area (TPSA) is 51.8 Å². The lowest BCUT2D eigenvalue weighted by Gasteiger charge is -2.10. The van der Waals surface area contributed by atoms with Crippen LogP contribution >= 0.6 is 22.7 Å². The minimum absolute atomic E-state index is 0.613. The van der Waals surface area contributed by atoms with Gasteiger partial charge < -0.3 is 4.42 Å². The van der Waals surface area contributed by atoms with Gasteiger partial charge in [0.05, 0.1) is 0 Å². The molecule has 12 rings (SSSR count). The molecular formula is C51H29N3OS2. The van der Waals surface area contributed by atoms with Crippen molar-refractivity contribution in [2.75, 3.05) is 0 Å². The van der Waals surface area contributed by atoms with E-state index in [1.807, 2.05) is 72.0 Å². The summed E-state index contributed by atoms with van der Waals surface area (Å²) in [5.41, 5.74) is 9.37. The van der Waals surface area contributed by atoms with Crippen LogP contribution in [0, 0.1) is 0 Å². The van der Waals surface area contributed by atoms with Crippen molar-refractivity contribution in [3.8, 4) is 56.4 Å². The molecule has 0 N–H and O–H groups in total. The molecule has 0 aliphatic rings. The summed E-state index contributed by atoms with van der Waals surface area (Å²) in [7, 11) is 0. The Kier molecular flexibility index (Phi) is 7.24. The number of aromatic nitrogens is 3. The van der Waals surface area contributed by atoms with Crippen LogP contribution < -0.4 is 0 Å². The molecule has 0 saturated carbocycles. The van der Waals surface area contributed by atoms with Gasteiger partial charge in [-0.2, -0.15) is 0 Å². The summed E-state index contributed by atoms with van der Waals surface area (Å²) in [6, 6.07) is 62.2. The van der Waals surface area contributed by atoms with Crippen molar-refractivity contribution in [1.29, 1.82) is 0 Å². The van der Waals surface area contributed by atoms with Gasteiger partial charge in [0.15, 0.2) is 17.5 Å². The zero-order chi connectivity index (χ0) is 37.5. The molecule has 0 unspecified atom stereocenters. The first-order valence-corrected chi connectivity index (χ1v) is 20.6. The van der Waals surface area contributed by atoms with Gasteiger partial charge in [0.1, 0.15) is 11.2 Å². The molecule has 4 aromatic heterocycles. The monoisotopic (exact) mass is 763 g/mol. The zero-order valence-corrected chi connectivity index (χ0v) is 31.9. The van der Waals surface area contributed by atoms with Gasteiger partial charge in [-0.1, -0.05) is 127 Å². The number of hydrogen-bond donors (Lipinski definition) is 0. The lowest BCUT2D eigenvalue weighted by atomic mass is 9.94. The standard InChI is InChI=1S/C51H29N3OS2/c1-3-12-30(13-4-1)39-27-34(29-46-48(39)37-17-8-10-21-43(37)57-46)32-23-25-44-40(26-32)35-24-22-33(28-45(35)56-44)50-52-49(31-14-5-2-6-15-31)53-51(54-50)38-18-11-20-42-47(38)36-16-7-9-19-41(36)55-42/h1-29H. The molecule has 57 heavy (non-hydrogen) atoms. The van der Waals surface area contributed by atoms with E-state index in [1.165, 1.54) is 62.6 Å². The smallest absolute Gasteiger partial charge is 0.164 e. The van der Waals surface area contributed by atoms with Crippen LogP contribution in [-0.2, 0) is 0 Å². The van der Waals surface area contributed by atoms with E-state index in [0.717, 1.165) is 38.6 Å². The Hall–Kier alpha value is -6.99. The van der Waals surface area contributed by atoms with Crippen LogP contribution in [0.4, 0.5) is 0 Å². The number of benzene rings is 8. The van der Waals surface area contributed by atoms with Gasteiger partial charge in [0.25, 0.3) is 0 Å². The molecule has 0 amide bonds. The number of rotatable bonds is 5. The average molecular weight is 764 g/mol. The maximum absolute atomic E-state index is 6.25. The predicted molar refractivity (Wildman–Crippen MR) is 240 cm³/mol. The second-order valence-corrected chi connectivity index (χ2v) is 16.5. The summed E-state index contributed by atoms with van der Waals surface area (Å²) in [4.78, 5) is 15.3. The number of furan rings is 1. The van der Waals surface area contributed by atoms with Crippen LogP contribution in [0.5, 0.6) is 0 Å². The van der Waals surface area contributed by atoms with E-state index in [4.69, 9.17) is 19.4 Å². The lowest BCUT2D eigenvalue weighted by Crippen LogP contribution is -2.00. The van der Waals surface area contributed by atoms with Crippen molar-refractivity contribution >= 4 is 85.0 Å². The first-order valence-electron chi connectivity index (χ1n) is 18.9. The largest absolute Gasteiger partial charge is 0.456 e. The quantitative estimate of drug-likeness (QED) is 0.175. The number of para-hydroxylation sites is 1. The van der Waals surface area contributed by atoms with Crippen LogP contribution in [0.1, 0.15) is 0 Å². The SMILES string of the molecule is c1ccc(-c2nc(-c3ccc4c(c3)sc3ccc(-c5cc(-c6ccccc6)c6c(c5)sc5ccccc56)cc34)nc(-c3cccc4oc5ccccc5c34)n2)cc1. The van der Waals surface area contributed by atoms with E-state index in [2.05, 4.69) is 115 Å². The van der Waals surface area contributed by atoms with Gasteiger partial charge in [-0.05, 0) is 70.8 Å². The Labute approximate surface area is 335 Å². The molecule has 0 spiro atoms. The van der Waals surface area contributed by atoms with Gasteiger partial charge in [0.2, 0.25) is 0 Å². The highest BCUT2D eigenvalue weighted by Crippen LogP contribution is 2.45. The molecule has 6 heteroatoms. The van der Waals surface area contributed by atoms with Gasteiger partial charge in [-0.3, -0.25) is 0 Å². The third-order valence-electron chi connectivity index (χ3n) is 10.9.